The molecule has 1 amide bonds. The Kier molecular flexibility index (Phi) is 7.85. The molecule has 9 heteroatoms. The molecule has 1 aromatic heterocycles. The zero-order valence-electron chi connectivity index (χ0n) is 19.9. The zero-order valence-corrected chi connectivity index (χ0v) is 20.7. The molecular formula is C26H31N3O5S. The molecule has 2 heterocycles. The van der Waals surface area contributed by atoms with Crippen molar-refractivity contribution in [2.24, 2.45) is 5.92 Å². The smallest absolute Gasteiger partial charge is 0.233 e. The molecule has 2 aromatic rings. The summed E-state index contributed by atoms with van der Waals surface area (Å²) in [6.45, 7) is 0.946. The van der Waals surface area contributed by atoms with E-state index in [-0.39, 0.29) is 10.8 Å². The van der Waals surface area contributed by atoms with Gasteiger partial charge in [-0.15, -0.1) is 0 Å². The number of aliphatic hydroxyl groups is 1. The minimum absolute atomic E-state index is 0.200. The highest BCUT2D eigenvalue weighted by Gasteiger charge is 2.28. The van der Waals surface area contributed by atoms with Gasteiger partial charge < -0.3 is 15.2 Å². The molecule has 1 saturated carbocycles. The summed E-state index contributed by atoms with van der Waals surface area (Å²) in [5.41, 5.74) is 0.108. The Morgan fingerprint density at radius 2 is 1.86 bits per heavy atom. The third-order valence-corrected chi connectivity index (χ3v) is 7.85. The normalized spacial score (nSPS) is 18.9. The van der Waals surface area contributed by atoms with Crippen LogP contribution in [0.15, 0.2) is 41.6 Å². The second-order valence-electron chi connectivity index (χ2n) is 9.45. The topological polar surface area (TPSA) is 118 Å². The van der Waals surface area contributed by atoms with E-state index in [1.165, 1.54) is 31.5 Å². The third-order valence-electron chi connectivity index (χ3n) is 6.72. The van der Waals surface area contributed by atoms with Gasteiger partial charge in [-0.3, -0.25) is 4.79 Å². The summed E-state index contributed by atoms with van der Waals surface area (Å²) in [6.07, 6.45) is 10.2. The van der Waals surface area contributed by atoms with Crippen LogP contribution in [0.3, 0.4) is 0 Å². The van der Waals surface area contributed by atoms with E-state index in [0.717, 1.165) is 18.4 Å². The SMILES string of the molecule is CS(=O)(=O)c1ccc([C@H](CC2CCCC2)C(=O)Nc2cnc(C#CC3(O)CCOCC3)cn2)cc1. The maximum absolute atomic E-state index is 13.3. The maximum atomic E-state index is 13.3. The number of amides is 1. The molecular weight excluding hydrogens is 466 g/mol. The van der Waals surface area contributed by atoms with Crippen molar-refractivity contribution < 1.29 is 23.1 Å². The molecule has 1 aliphatic heterocycles. The minimum Gasteiger partial charge on any atom is -0.381 e. The molecule has 1 saturated heterocycles. The molecule has 1 aromatic carbocycles. The van der Waals surface area contributed by atoms with Crippen LogP contribution in [0.5, 0.6) is 0 Å². The van der Waals surface area contributed by atoms with Gasteiger partial charge in [0.05, 0.1) is 36.4 Å². The van der Waals surface area contributed by atoms with Crippen molar-refractivity contribution in [3.63, 3.8) is 0 Å². The second kappa shape index (κ2) is 10.9. The third kappa shape index (κ3) is 6.88. The summed E-state index contributed by atoms with van der Waals surface area (Å²) in [6, 6.07) is 6.56. The van der Waals surface area contributed by atoms with E-state index in [0.29, 0.717) is 49.9 Å². The highest BCUT2D eigenvalue weighted by molar-refractivity contribution is 7.90. The summed E-state index contributed by atoms with van der Waals surface area (Å²) in [5.74, 6) is 5.87. The number of carbonyl (C=O) groups is 1. The fourth-order valence-corrected chi connectivity index (χ4v) is 5.24. The largest absolute Gasteiger partial charge is 0.381 e. The molecule has 1 aliphatic carbocycles. The van der Waals surface area contributed by atoms with Gasteiger partial charge in [-0.2, -0.15) is 0 Å². The Bertz CT molecular complexity index is 1190. The van der Waals surface area contributed by atoms with E-state index < -0.39 is 21.4 Å². The van der Waals surface area contributed by atoms with Crippen LogP contribution >= 0.6 is 0 Å². The number of sulfone groups is 1. The average molecular weight is 498 g/mol. The van der Waals surface area contributed by atoms with Gasteiger partial charge in [-0.1, -0.05) is 43.7 Å². The van der Waals surface area contributed by atoms with Crippen LogP contribution in [-0.2, 0) is 19.4 Å². The van der Waals surface area contributed by atoms with E-state index in [9.17, 15) is 18.3 Å². The average Bonchev–Trinajstić information content (AvgIpc) is 3.36. The molecule has 0 spiro atoms. The summed E-state index contributed by atoms with van der Waals surface area (Å²) in [4.78, 5) is 22.0. The van der Waals surface area contributed by atoms with Gasteiger partial charge in [0, 0.05) is 19.1 Å². The second-order valence-corrected chi connectivity index (χ2v) is 11.5. The van der Waals surface area contributed by atoms with Crippen LogP contribution in [0.2, 0.25) is 0 Å². The van der Waals surface area contributed by atoms with Gasteiger partial charge >= 0.3 is 0 Å². The quantitative estimate of drug-likeness (QED) is 0.589. The Morgan fingerprint density at radius 3 is 2.46 bits per heavy atom. The number of hydrogen-bond donors (Lipinski definition) is 2. The monoisotopic (exact) mass is 497 g/mol. The van der Waals surface area contributed by atoms with Crippen molar-refractivity contribution in [3.8, 4) is 11.8 Å². The van der Waals surface area contributed by atoms with Gasteiger partial charge in [0.1, 0.15) is 11.3 Å². The van der Waals surface area contributed by atoms with Crippen molar-refractivity contribution in [2.75, 3.05) is 24.8 Å². The van der Waals surface area contributed by atoms with E-state index in [4.69, 9.17) is 4.74 Å². The summed E-state index contributed by atoms with van der Waals surface area (Å²) in [5, 5.41) is 13.3. The predicted octanol–water partition coefficient (Wildman–Crippen LogP) is 3.08. The Labute approximate surface area is 206 Å². The van der Waals surface area contributed by atoms with Gasteiger partial charge in [0.15, 0.2) is 15.7 Å². The lowest BCUT2D eigenvalue weighted by molar-refractivity contribution is -0.118. The first-order valence-corrected chi connectivity index (χ1v) is 13.9. The summed E-state index contributed by atoms with van der Waals surface area (Å²) in [7, 11) is -3.31. The van der Waals surface area contributed by atoms with Crippen molar-refractivity contribution in [1.82, 2.24) is 9.97 Å². The first-order chi connectivity index (χ1) is 16.7. The highest BCUT2D eigenvalue weighted by Crippen LogP contribution is 2.35. The van der Waals surface area contributed by atoms with Crippen molar-refractivity contribution in [1.29, 1.82) is 0 Å². The molecule has 0 unspecified atom stereocenters. The van der Waals surface area contributed by atoms with E-state index in [1.54, 1.807) is 24.3 Å². The number of carbonyl (C=O) groups excluding carboxylic acids is 1. The molecule has 4 rings (SSSR count). The molecule has 0 bridgehead atoms. The van der Waals surface area contributed by atoms with E-state index >= 15 is 0 Å². The standard InChI is InChI=1S/C26H31N3O5S/c1-35(32,33)22-8-6-20(7-9-22)23(16-19-4-2-3-5-19)25(30)29-24-18-27-21(17-28-24)10-11-26(31)12-14-34-15-13-26/h6-9,17-19,23,31H,2-5,12-16H2,1H3,(H,28,29,30)/t23-/m0/s1. The number of benzene rings is 1. The number of aromatic nitrogens is 2. The highest BCUT2D eigenvalue weighted by atomic mass is 32.2. The summed E-state index contributed by atoms with van der Waals surface area (Å²) < 4.78 is 28.9. The number of hydrogen-bond acceptors (Lipinski definition) is 7. The Balaban J connectivity index is 1.47. The first kappa shape index (κ1) is 25.3. The molecule has 35 heavy (non-hydrogen) atoms. The van der Waals surface area contributed by atoms with Crippen molar-refractivity contribution in [2.45, 2.75) is 61.4 Å². The number of rotatable bonds is 6. The van der Waals surface area contributed by atoms with Crippen LogP contribution in [0, 0.1) is 17.8 Å². The molecule has 0 radical (unpaired) electrons. The maximum Gasteiger partial charge on any atom is 0.233 e. The number of nitrogens with one attached hydrogen (secondary N) is 1. The van der Waals surface area contributed by atoms with Crippen LogP contribution < -0.4 is 5.32 Å². The Morgan fingerprint density at radius 1 is 1.17 bits per heavy atom. The van der Waals surface area contributed by atoms with Crippen LogP contribution in [0.4, 0.5) is 5.82 Å². The predicted molar refractivity (Wildman–Crippen MR) is 131 cm³/mol. The molecule has 1 atom stereocenters. The lowest BCUT2D eigenvalue weighted by Crippen LogP contribution is -2.34. The first-order valence-electron chi connectivity index (χ1n) is 12.0. The molecule has 2 aliphatic rings. The molecule has 8 nitrogen and oxygen atoms in total. The van der Waals surface area contributed by atoms with Crippen molar-refractivity contribution >= 4 is 21.6 Å². The molecule has 186 valence electrons. The minimum atomic E-state index is -3.31. The molecule has 2 N–H and O–H groups in total. The fraction of sp³-hybridized carbons (Fsp3) is 0.500. The lowest BCUT2D eigenvalue weighted by atomic mass is 9.87. The lowest BCUT2D eigenvalue weighted by Gasteiger charge is -2.26. The zero-order chi connectivity index (χ0) is 24.9. The van der Waals surface area contributed by atoms with Crippen LogP contribution in [0.25, 0.3) is 0 Å². The van der Waals surface area contributed by atoms with Gasteiger partial charge in [0.25, 0.3) is 0 Å². The fourth-order valence-electron chi connectivity index (χ4n) is 4.61. The van der Waals surface area contributed by atoms with E-state index in [2.05, 4.69) is 27.1 Å². The van der Waals surface area contributed by atoms with Crippen LogP contribution in [-0.4, -0.2) is 54.5 Å². The summed E-state index contributed by atoms with van der Waals surface area (Å²) >= 11 is 0. The number of ether oxygens (including phenoxy) is 1. The molecule has 2 fully saturated rings. The van der Waals surface area contributed by atoms with Gasteiger partial charge in [-0.05, 0) is 36.0 Å². The number of nitrogens with zero attached hydrogens (tertiary/aromatic N) is 2. The Hall–Kier alpha value is -2.80. The van der Waals surface area contributed by atoms with Gasteiger partial charge in [-0.25, -0.2) is 18.4 Å². The van der Waals surface area contributed by atoms with Crippen LogP contribution in [0.1, 0.15) is 62.1 Å². The van der Waals surface area contributed by atoms with Gasteiger partial charge in [0.2, 0.25) is 5.91 Å². The van der Waals surface area contributed by atoms with E-state index in [1.807, 2.05) is 0 Å². The van der Waals surface area contributed by atoms with Crippen molar-refractivity contribution in [3.05, 3.63) is 47.9 Å². The number of anilines is 1.